The van der Waals surface area contributed by atoms with Crippen molar-refractivity contribution in [2.45, 2.75) is 42.2 Å². The number of aromatic hydroxyl groups is 1. The highest BCUT2D eigenvalue weighted by Gasteiger charge is 2.59. The van der Waals surface area contributed by atoms with Crippen LogP contribution in [0.15, 0.2) is 42.5 Å². The molecule has 1 saturated heterocycles. The van der Waals surface area contributed by atoms with E-state index >= 15 is 0 Å². The fourth-order valence-corrected chi connectivity index (χ4v) is 6.39. The van der Waals surface area contributed by atoms with Crippen LogP contribution in [0.4, 0.5) is 5.69 Å². The molecule has 1 spiro atoms. The van der Waals surface area contributed by atoms with Gasteiger partial charge in [0.1, 0.15) is 35.9 Å². The number of benzene rings is 3. The second-order valence-electron chi connectivity index (χ2n) is 10.8. The van der Waals surface area contributed by atoms with Crippen LogP contribution in [-0.4, -0.2) is 89.1 Å². The summed E-state index contributed by atoms with van der Waals surface area (Å²) in [6.07, 6.45) is -7.95. The summed E-state index contributed by atoms with van der Waals surface area (Å²) in [5.74, 6) is -1.77. The predicted molar refractivity (Wildman–Crippen MR) is 147 cm³/mol. The maximum Gasteiger partial charge on any atom is 0.335 e. The van der Waals surface area contributed by atoms with Gasteiger partial charge in [0.25, 0.3) is 5.79 Å². The van der Waals surface area contributed by atoms with E-state index in [1.165, 1.54) is 13.2 Å². The van der Waals surface area contributed by atoms with Gasteiger partial charge in [0, 0.05) is 11.1 Å². The zero-order valence-corrected chi connectivity index (χ0v) is 23.0. The van der Waals surface area contributed by atoms with E-state index in [-0.39, 0.29) is 30.6 Å². The number of anilines is 1. The van der Waals surface area contributed by atoms with Crippen molar-refractivity contribution >= 4 is 11.7 Å². The van der Waals surface area contributed by atoms with Crippen LogP contribution >= 0.6 is 0 Å². The summed E-state index contributed by atoms with van der Waals surface area (Å²) >= 11 is 0. The molecule has 4 heterocycles. The Kier molecular flexibility index (Phi) is 6.25. The van der Waals surface area contributed by atoms with Gasteiger partial charge in [-0.1, -0.05) is 18.2 Å². The summed E-state index contributed by atoms with van der Waals surface area (Å²) < 4.78 is 35.9. The second-order valence-corrected chi connectivity index (χ2v) is 10.8. The first-order valence-electron chi connectivity index (χ1n) is 13.6. The van der Waals surface area contributed by atoms with E-state index in [2.05, 4.69) is 5.32 Å². The Labute approximate surface area is 244 Å². The van der Waals surface area contributed by atoms with E-state index in [1.807, 2.05) is 12.1 Å². The van der Waals surface area contributed by atoms with Crippen molar-refractivity contribution in [1.29, 1.82) is 0 Å². The van der Waals surface area contributed by atoms with E-state index in [0.29, 0.717) is 45.4 Å². The SMILES string of the molecule is COc1ccc2c(c1OC)OC1c3c(-c4cccc(O)c4)cc4c(c3OCC21)NCC1(O4)OC(C(=O)O)C(O)C(O)C1O. The van der Waals surface area contributed by atoms with Gasteiger partial charge in [-0.3, -0.25) is 0 Å². The Balaban J connectivity index is 1.37. The van der Waals surface area contributed by atoms with Crippen molar-refractivity contribution in [3.05, 3.63) is 53.6 Å². The van der Waals surface area contributed by atoms with Crippen LogP contribution < -0.4 is 29.0 Å². The number of phenolic OH excluding ortho intramolecular Hbond substituents is 1. The topological polar surface area (TPSA) is 186 Å². The molecule has 13 nitrogen and oxygen atoms in total. The number of rotatable bonds is 4. The van der Waals surface area contributed by atoms with Crippen molar-refractivity contribution in [3.63, 3.8) is 0 Å². The van der Waals surface area contributed by atoms with Crippen LogP contribution in [0.1, 0.15) is 23.1 Å². The van der Waals surface area contributed by atoms with Gasteiger partial charge in [0.15, 0.2) is 29.1 Å². The molecule has 4 aliphatic heterocycles. The Morgan fingerprint density at radius 3 is 2.58 bits per heavy atom. The van der Waals surface area contributed by atoms with Crippen LogP contribution in [0.5, 0.6) is 34.5 Å². The lowest BCUT2D eigenvalue weighted by Crippen LogP contribution is -2.71. The van der Waals surface area contributed by atoms with Crippen LogP contribution in [0.3, 0.4) is 0 Å². The molecule has 7 unspecified atom stereocenters. The molecule has 0 amide bonds. The van der Waals surface area contributed by atoms with Gasteiger partial charge >= 0.3 is 5.97 Å². The van der Waals surface area contributed by atoms with E-state index in [1.54, 1.807) is 31.4 Å². The van der Waals surface area contributed by atoms with Crippen LogP contribution in [-0.2, 0) is 9.53 Å². The minimum atomic E-state index is -2.06. The molecule has 0 aliphatic carbocycles. The van der Waals surface area contributed by atoms with Gasteiger partial charge in [0.05, 0.1) is 33.3 Å². The number of hydrogen-bond donors (Lipinski definition) is 6. The van der Waals surface area contributed by atoms with Crippen molar-refractivity contribution in [1.82, 2.24) is 0 Å². The quantitative estimate of drug-likeness (QED) is 0.257. The normalized spacial score (nSPS) is 29.9. The Morgan fingerprint density at radius 1 is 1.05 bits per heavy atom. The average molecular weight is 596 g/mol. The number of carboxylic acid groups (broad SMARTS) is 1. The average Bonchev–Trinajstić information content (AvgIpc) is 3.39. The van der Waals surface area contributed by atoms with Crippen molar-refractivity contribution in [2.24, 2.45) is 0 Å². The Morgan fingerprint density at radius 2 is 1.86 bits per heavy atom. The number of carbonyl (C=O) groups is 1. The minimum Gasteiger partial charge on any atom is -0.508 e. The monoisotopic (exact) mass is 595 g/mol. The van der Waals surface area contributed by atoms with Crippen LogP contribution in [0, 0.1) is 0 Å². The molecule has 3 aromatic carbocycles. The van der Waals surface area contributed by atoms with Gasteiger partial charge < -0.3 is 59.3 Å². The molecule has 43 heavy (non-hydrogen) atoms. The number of aliphatic carboxylic acids is 1. The molecule has 7 atom stereocenters. The lowest BCUT2D eigenvalue weighted by molar-refractivity contribution is -0.325. The van der Waals surface area contributed by atoms with Gasteiger partial charge in [-0.15, -0.1) is 0 Å². The molecule has 3 aromatic rings. The molecule has 226 valence electrons. The predicted octanol–water partition coefficient (Wildman–Crippen LogP) is 1.75. The standard InChI is InChI=1S/C30H29NO12/c1-38-17-7-6-14-16-10-40-26-19(23(16)41-24(14)25(17)39-2)15(12-4-3-5-13(32)8-12)9-18-20(26)31-11-30(42-18)28(35)22(34)21(33)27(43-30)29(36)37/h3-9,16,21-23,27-28,31-35H,10-11H2,1-2H3,(H,36,37). The molecule has 4 aliphatic rings. The van der Waals surface area contributed by atoms with E-state index < -0.39 is 42.3 Å². The zero-order valence-electron chi connectivity index (χ0n) is 23.0. The number of aliphatic hydroxyl groups excluding tert-OH is 3. The van der Waals surface area contributed by atoms with Crippen LogP contribution in [0.2, 0.25) is 0 Å². The fourth-order valence-electron chi connectivity index (χ4n) is 6.39. The second kappa shape index (κ2) is 9.81. The van der Waals surface area contributed by atoms with Gasteiger partial charge in [-0.05, 0) is 35.4 Å². The summed E-state index contributed by atoms with van der Waals surface area (Å²) in [6.45, 7) is -0.0514. The number of phenols is 1. The molecular formula is C30H29NO12. The van der Waals surface area contributed by atoms with Gasteiger partial charge in [-0.25, -0.2) is 4.79 Å². The zero-order chi connectivity index (χ0) is 30.2. The third kappa shape index (κ3) is 3.96. The summed E-state index contributed by atoms with van der Waals surface area (Å²) in [5, 5.41) is 54.8. The molecule has 7 rings (SSSR count). The molecule has 0 saturated carbocycles. The van der Waals surface area contributed by atoms with E-state index in [4.69, 9.17) is 28.4 Å². The Bertz CT molecular complexity index is 1630. The molecule has 0 radical (unpaired) electrons. The number of ether oxygens (including phenoxy) is 6. The summed E-state index contributed by atoms with van der Waals surface area (Å²) in [4.78, 5) is 11.8. The number of nitrogens with one attached hydrogen (secondary N) is 1. The molecule has 0 aromatic heterocycles. The summed E-state index contributed by atoms with van der Waals surface area (Å²) in [5.41, 5.74) is 3.10. The number of carboxylic acids is 1. The molecule has 13 heteroatoms. The largest absolute Gasteiger partial charge is 0.508 e. The van der Waals surface area contributed by atoms with Gasteiger partial charge in [-0.2, -0.15) is 0 Å². The molecule has 0 bridgehead atoms. The highest BCUT2D eigenvalue weighted by molar-refractivity contribution is 5.84. The third-order valence-corrected chi connectivity index (χ3v) is 8.47. The Hall–Kier alpha value is -4.43. The lowest BCUT2D eigenvalue weighted by atomic mass is 9.84. The number of aliphatic hydroxyl groups is 3. The highest BCUT2D eigenvalue weighted by Crippen LogP contribution is 2.61. The van der Waals surface area contributed by atoms with E-state index in [9.17, 15) is 30.3 Å². The lowest BCUT2D eigenvalue weighted by Gasteiger charge is -2.49. The first-order valence-corrected chi connectivity index (χ1v) is 13.6. The van der Waals surface area contributed by atoms with Gasteiger partial charge in [0.2, 0.25) is 5.75 Å². The third-order valence-electron chi connectivity index (χ3n) is 8.47. The highest BCUT2D eigenvalue weighted by atomic mass is 16.7. The van der Waals surface area contributed by atoms with Crippen LogP contribution in [0.25, 0.3) is 11.1 Å². The number of fused-ring (bicyclic) bond motifs is 7. The first-order chi connectivity index (χ1) is 20.7. The van der Waals surface area contributed by atoms with Crippen molar-refractivity contribution in [2.75, 3.05) is 32.7 Å². The summed E-state index contributed by atoms with van der Waals surface area (Å²) in [6, 6.07) is 11.9. The first kappa shape index (κ1) is 27.4. The van der Waals surface area contributed by atoms with Crippen molar-refractivity contribution < 1.29 is 58.7 Å². The fraction of sp³-hybridized carbons (Fsp3) is 0.367. The maximum absolute atomic E-state index is 11.8. The smallest absolute Gasteiger partial charge is 0.335 e. The number of methoxy groups -OCH3 is 2. The molecular weight excluding hydrogens is 566 g/mol. The van der Waals surface area contributed by atoms with Crippen molar-refractivity contribution in [3.8, 4) is 45.6 Å². The minimum absolute atomic E-state index is 0.0160. The summed E-state index contributed by atoms with van der Waals surface area (Å²) in [7, 11) is 3.08. The molecule has 1 fully saturated rings. The maximum atomic E-state index is 11.8. The van der Waals surface area contributed by atoms with E-state index in [0.717, 1.165) is 5.56 Å². The molecule has 6 N–H and O–H groups in total. The number of hydrogen-bond acceptors (Lipinski definition) is 12.